The van der Waals surface area contributed by atoms with E-state index in [1.54, 1.807) is 12.1 Å². The molecule has 1 aliphatic heterocycles. The van der Waals surface area contributed by atoms with Crippen LogP contribution in [0.15, 0.2) is 58.1 Å². The number of nitrogens with one attached hydrogen (secondary N) is 1. The Balaban J connectivity index is 1.41. The second-order valence-corrected chi connectivity index (χ2v) is 9.28. The van der Waals surface area contributed by atoms with Crippen molar-refractivity contribution in [2.75, 3.05) is 13.1 Å². The summed E-state index contributed by atoms with van der Waals surface area (Å²) in [4.78, 5) is 32.1. The molecule has 162 valence electrons. The zero-order chi connectivity index (χ0) is 21.8. The van der Waals surface area contributed by atoms with Gasteiger partial charge in [0.05, 0.1) is 17.2 Å². The predicted octanol–water partition coefficient (Wildman–Crippen LogP) is 3.71. The number of nitrogens with zero attached hydrogens (tertiary/aromatic N) is 3. The predicted molar refractivity (Wildman–Crippen MR) is 126 cm³/mol. The van der Waals surface area contributed by atoms with Crippen LogP contribution in [-0.4, -0.2) is 33.4 Å². The van der Waals surface area contributed by atoms with E-state index in [4.69, 9.17) is 0 Å². The fraction of sp³-hybridized carbons (Fsp3) is 0.375. The van der Waals surface area contributed by atoms with Gasteiger partial charge >= 0.3 is 0 Å². The van der Waals surface area contributed by atoms with Crippen molar-refractivity contribution in [3.8, 4) is 0 Å². The highest BCUT2D eigenvalue weighted by Crippen LogP contribution is 2.19. The summed E-state index contributed by atoms with van der Waals surface area (Å²) in [7, 11) is 0. The number of fused-ring (bicyclic) bond motifs is 1. The van der Waals surface area contributed by atoms with Gasteiger partial charge in [0.1, 0.15) is 6.54 Å². The number of aromatic nitrogens is 2. The smallest absolute Gasteiger partial charge is 0.261 e. The topological polar surface area (TPSA) is 67.2 Å². The van der Waals surface area contributed by atoms with Crippen LogP contribution in [0.3, 0.4) is 0 Å². The van der Waals surface area contributed by atoms with Gasteiger partial charge in [0.2, 0.25) is 5.91 Å². The number of halogens is 1. The molecule has 7 heteroatoms. The first-order valence-corrected chi connectivity index (χ1v) is 11.5. The van der Waals surface area contributed by atoms with Crippen LogP contribution in [0, 0.1) is 5.92 Å². The lowest BCUT2D eigenvalue weighted by Gasteiger charge is -2.31. The lowest BCUT2D eigenvalue weighted by atomic mass is 9.99. The minimum atomic E-state index is -0.221. The molecule has 1 aliphatic rings. The number of likely N-dealkylation sites (tertiary alicyclic amines) is 1. The molecule has 2 aromatic carbocycles. The van der Waals surface area contributed by atoms with Gasteiger partial charge in [-0.1, -0.05) is 47.1 Å². The quantitative estimate of drug-likeness (QED) is 0.581. The molecule has 6 nitrogen and oxygen atoms in total. The van der Waals surface area contributed by atoms with Crippen molar-refractivity contribution < 1.29 is 4.79 Å². The molecule has 0 saturated carbocycles. The molecule has 4 rings (SSSR count). The number of rotatable bonds is 6. The maximum absolute atomic E-state index is 12.7. The van der Waals surface area contributed by atoms with Crippen molar-refractivity contribution in [3.05, 3.63) is 74.7 Å². The van der Waals surface area contributed by atoms with E-state index in [1.165, 1.54) is 29.3 Å². The molecular weight excluding hydrogens is 456 g/mol. The lowest BCUT2D eigenvalue weighted by Crippen LogP contribution is -2.34. The molecule has 0 spiro atoms. The molecule has 1 fully saturated rings. The SMILES string of the molecule is CC1CCCN(Cc2ccccc2CNC(=O)Cn2cnc3ccc(Br)cc3c2=O)C1. The van der Waals surface area contributed by atoms with Crippen molar-refractivity contribution in [1.82, 2.24) is 19.8 Å². The van der Waals surface area contributed by atoms with E-state index < -0.39 is 0 Å². The number of hydrogen-bond donors (Lipinski definition) is 1. The number of hydrogen-bond acceptors (Lipinski definition) is 4. The molecule has 2 heterocycles. The molecule has 1 amide bonds. The molecule has 3 aromatic rings. The van der Waals surface area contributed by atoms with E-state index in [9.17, 15) is 9.59 Å². The Kier molecular flexibility index (Phi) is 6.83. The Hall–Kier alpha value is -2.51. The van der Waals surface area contributed by atoms with Gasteiger partial charge in [0.15, 0.2) is 0 Å². The minimum Gasteiger partial charge on any atom is -0.350 e. The average Bonchev–Trinajstić information content (AvgIpc) is 2.75. The van der Waals surface area contributed by atoms with Crippen LogP contribution in [0.2, 0.25) is 0 Å². The highest BCUT2D eigenvalue weighted by Gasteiger charge is 2.17. The zero-order valence-electron chi connectivity index (χ0n) is 17.7. The Morgan fingerprint density at radius 1 is 1.23 bits per heavy atom. The van der Waals surface area contributed by atoms with Gasteiger partial charge in [-0.05, 0) is 54.6 Å². The molecule has 1 aromatic heterocycles. The van der Waals surface area contributed by atoms with Crippen molar-refractivity contribution >= 4 is 32.7 Å². The largest absolute Gasteiger partial charge is 0.350 e. The normalized spacial score (nSPS) is 17.0. The first-order chi connectivity index (χ1) is 15.0. The Labute approximate surface area is 190 Å². The zero-order valence-corrected chi connectivity index (χ0v) is 19.3. The molecule has 1 unspecified atom stereocenters. The van der Waals surface area contributed by atoms with Gasteiger partial charge in [-0.3, -0.25) is 19.1 Å². The number of benzene rings is 2. The highest BCUT2D eigenvalue weighted by molar-refractivity contribution is 9.10. The summed E-state index contributed by atoms with van der Waals surface area (Å²) < 4.78 is 2.16. The van der Waals surface area contributed by atoms with E-state index in [0.29, 0.717) is 17.4 Å². The third kappa shape index (κ3) is 5.40. The van der Waals surface area contributed by atoms with Gasteiger partial charge in [0, 0.05) is 24.1 Å². The first-order valence-electron chi connectivity index (χ1n) is 10.7. The summed E-state index contributed by atoms with van der Waals surface area (Å²) >= 11 is 3.38. The molecule has 1 atom stereocenters. The number of amides is 1. The number of piperidine rings is 1. The van der Waals surface area contributed by atoms with Gasteiger partial charge in [-0.25, -0.2) is 4.98 Å². The second-order valence-electron chi connectivity index (χ2n) is 8.37. The third-order valence-electron chi connectivity index (χ3n) is 5.83. The maximum atomic E-state index is 12.7. The van der Waals surface area contributed by atoms with E-state index in [-0.39, 0.29) is 18.0 Å². The van der Waals surface area contributed by atoms with E-state index in [0.717, 1.165) is 35.6 Å². The Morgan fingerprint density at radius 2 is 2.03 bits per heavy atom. The number of carbonyl (C=O) groups is 1. The van der Waals surface area contributed by atoms with Crippen LogP contribution in [0.4, 0.5) is 0 Å². The van der Waals surface area contributed by atoms with Crippen molar-refractivity contribution in [2.24, 2.45) is 5.92 Å². The number of carbonyl (C=O) groups excluding carboxylic acids is 1. The second kappa shape index (κ2) is 9.75. The van der Waals surface area contributed by atoms with Crippen LogP contribution in [0.25, 0.3) is 10.9 Å². The van der Waals surface area contributed by atoms with Crippen molar-refractivity contribution in [3.63, 3.8) is 0 Å². The van der Waals surface area contributed by atoms with Crippen LogP contribution < -0.4 is 10.9 Å². The monoisotopic (exact) mass is 482 g/mol. The average molecular weight is 483 g/mol. The molecular formula is C24H27BrN4O2. The Bertz CT molecular complexity index is 1140. The van der Waals surface area contributed by atoms with Crippen molar-refractivity contribution in [1.29, 1.82) is 0 Å². The summed E-state index contributed by atoms with van der Waals surface area (Å²) in [5, 5.41) is 3.46. The van der Waals surface area contributed by atoms with Crippen molar-refractivity contribution in [2.45, 2.75) is 39.4 Å². The summed E-state index contributed by atoms with van der Waals surface area (Å²) in [6.07, 6.45) is 3.98. The van der Waals surface area contributed by atoms with Crippen LogP contribution in [-0.2, 0) is 24.4 Å². The van der Waals surface area contributed by atoms with Gasteiger partial charge in [0.25, 0.3) is 5.56 Å². The fourth-order valence-corrected chi connectivity index (χ4v) is 4.56. The standard InChI is InChI=1S/C24H27BrN4O2/c1-17-5-4-10-28(13-17)14-19-7-3-2-6-18(19)12-26-23(30)15-29-16-27-22-9-8-20(25)11-21(22)24(29)31/h2-3,6-9,11,16-17H,4-5,10,12-15H2,1H3,(H,26,30). The third-order valence-corrected chi connectivity index (χ3v) is 6.32. The van der Waals surface area contributed by atoms with Gasteiger partial charge < -0.3 is 5.32 Å². The molecule has 1 N–H and O–H groups in total. The highest BCUT2D eigenvalue weighted by atomic mass is 79.9. The lowest BCUT2D eigenvalue weighted by molar-refractivity contribution is -0.121. The minimum absolute atomic E-state index is 0.0555. The molecule has 1 saturated heterocycles. The van der Waals surface area contributed by atoms with Crippen LogP contribution in [0.5, 0.6) is 0 Å². The molecule has 31 heavy (non-hydrogen) atoms. The summed E-state index contributed by atoms with van der Waals surface area (Å²) in [5.74, 6) is 0.523. The summed E-state index contributed by atoms with van der Waals surface area (Å²) in [5.41, 5.74) is 2.75. The first kappa shape index (κ1) is 21.7. The van der Waals surface area contributed by atoms with Gasteiger partial charge in [-0.15, -0.1) is 0 Å². The summed E-state index contributed by atoms with van der Waals surface area (Å²) in [6, 6.07) is 13.6. The van der Waals surface area contributed by atoms with E-state index in [2.05, 4.69) is 50.2 Å². The van der Waals surface area contributed by atoms with Gasteiger partial charge in [-0.2, -0.15) is 0 Å². The molecule has 0 radical (unpaired) electrons. The molecule has 0 bridgehead atoms. The van der Waals surface area contributed by atoms with E-state index in [1.807, 2.05) is 18.2 Å². The fourth-order valence-electron chi connectivity index (χ4n) is 4.20. The molecule has 0 aliphatic carbocycles. The van der Waals surface area contributed by atoms with E-state index >= 15 is 0 Å². The maximum Gasteiger partial charge on any atom is 0.261 e. The Morgan fingerprint density at radius 3 is 2.84 bits per heavy atom. The summed E-state index contributed by atoms with van der Waals surface area (Å²) in [6.45, 7) is 5.84. The van der Waals surface area contributed by atoms with Crippen LogP contribution in [0.1, 0.15) is 30.9 Å². The van der Waals surface area contributed by atoms with Crippen LogP contribution >= 0.6 is 15.9 Å².